The van der Waals surface area contributed by atoms with Crippen molar-refractivity contribution in [2.24, 2.45) is 0 Å². The molecule has 0 aromatic heterocycles. The standard InChI is InChI=1S/C6H12O2S/c1-4-8-6(7)5(2)9-3/h5H,4H2,1-3H3. The van der Waals surface area contributed by atoms with E-state index in [1.54, 1.807) is 0 Å². The first-order valence-corrected chi connectivity index (χ1v) is 4.20. The molecular formula is C6H12O2S. The minimum absolute atomic E-state index is 0.0232. The van der Waals surface area contributed by atoms with Gasteiger partial charge in [-0.15, -0.1) is 0 Å². The molecule has 1 atom stereocenters. The van der Waals surface area contributed by atoms with Crippen molar-refractivity contribution in [1.29, 1.82) is 0 Å². The second-order valence-electron chi connectivity index (χ2n) is 1.63. The Morgan fingerprint density at radius 1 is 1.78 bits per heavy atom. The van der Waals surface area contributed by atoms with E-state index in [9.17, 15) is 4.79 Å². The first kappa shape index (κ1) is 8.82. The Hall–Kier alpha value is -0.180. The zero-order chi connectivity index (χ0) is 7.28. The number of hydrogen-bond donors (Lipinski definition) is 0. The van der Waals surface area contributed by atoms with Gasteiger partial charge >= 0.3 is 5.97 Å². The minimum atomic E-state index is -0.120. The lowest BCUT2D eigenvalue weighted by atomic mass is 10.5. The highest BCUT2D eigenvalue weighted by Gasteiger charge is 2.10. The molecule has 54 valence electrons. The summed E-state index contributed by atoms with van der Waals surface area (Å²) in [5.74, 6) is -0.120. The third-order valence-corrected chi connectivity index (χ3v) is 1.87. The molecule has 0 heterocycles. The van der Waals surface area contributed by atoms with Crippen molar-refractivity contribution in [2.75, 3.05) is 12.9 Å². The molecule has 0 rings (SSSR count). The van der Waals surface area contributed by atoms with Gasteiger partial charge in [0.1, 0.15) is 0 Å². The van der Waals surface area contributed by atoms with Gasteiger partial charge in [-0.1, -0.05) is 0 Å². The summed E-state index contributed by atoms with van der Waals surface area (Å²) in [6.07, 6.45) is 1.89. The second-order valence-corrected chi connectivity index (χ2v) is 2.81. The number of rotatable bonds is 3. The summed E-state index contributed by atoms with van der Waals surface area (Å²) in [6, 6.07) is 0. The van der Waals surface area contributed by atoms with E-state index >= 15 is 0 Å². The topological polar surface area (TPSA) is 26.3 Å². The van der Waals surface area contributed by atoms with Crippen molar-refractivity contribution in [3.8, 4) is 0 Å². The van der Waals surface area contributed by atoms with Crippen molar-refractivity contribution < 1.29 is 9.53 Å². The molecule has 0 fully saturated rings. The molecule has 1 unspecified atom stereocenters. The normalized spacial score (nSPS) is 12.8. The largest absolute Gasteiger partial charge is 0.465 e. The van der Waals surface area contributed by atoms with Crippen LogP contribution in [-0.2, 0) is 9.53 Å². The van der Waals surface area contributed by atoms with Crippen LogP contribution in [0.4, 0.5) is 0 Å². The highest BCUT2D eigenvalue weighted by molar-refractivity contribution is 7.99. The van der Waals surface area contributed by atoms with E-state index in [1.165, 1.54) is 11.8 Å². The molecule has 2 nitrogen and oxygen atoms in total. The zero-order valence-electron chi connectivity index (χ0n) is 6.01. The monoisotopic (exact) mass is 148 g/mol. The summed E-state index contributed by atoms with van der Waals surface area (Å²) in [5, 5.41) is -0.0232. The summed E-state index contributed by atoms with van der Waals surface area (Å²) < 4.78 is 4.73. The van der Waals surface area contributed by atoms with E-state index in [1.807, 2.05) is 20.1 Å². The third kappa shape index (κ3) is 3.40. The molecule has 0 radical (unpaired) electrons. The fourth-order valence-electron chi connectivity index (χ4n) is 0.356. The maximum absolute atomic E-state index is 10.7. The van der Waals surface area contributed by atoms with Crippen LogP contribution >= 0.6 is 11.8 Å². The van der Waals surface area contributed by atoms with Crippen molar-refractivity contribution in [3.05, 3.63) is 0 Å². The van der Waals surface area contributed by atoms with Gasteiger partial charge < -0.3 is 4.74 Å². The van der Waals surface area contributed by atoms with Crippen molar-refractivity contribution in [1.82, 2.24) is 0 Å². The van der Waals surface area contributed by atoms with Gasteiger partial charge in [0.2, 0.25) is 0 Å². The lowest BCUT2D eigenvalue weighted by Gasteiger charge is -2.05. The molecular weight excluding hydrogens is 136 g/mol. The average Bonchev–Trinajstić information content (AvgIpc) is 1.87. The van der Waals surface area contributed by atoms with Crippen LogP contribution in [0.2, 0.25) is 0 Å². The van der Waals surface area contributed by atoms with Crippen LogP contribution in [0.25, 0.3) is 0 Å². The molecule has 0 amide bonds. The van der Waals surface area contributed by atoms with Gasteiger partial charge in [0, 0.05) is 0 Å². The van der Waals surface area contributed by atoms with Crippen LogP contribution in [0.15, 0.2) is 0 Å². The van der Waals surface area contributed by atoms with E-state index in [0.29, 0.717) is 6.61 Å². The number of ether oxygens (including phenoxy) is 1. The molecule has 0 aliphatic heterocycles. The van der Waals surface area contributed by atoms with E-state index in [-0.39, 0.29) is 11.2 Å². The van der Waals surface area contributed by atoms with Crippen LogP contribution in [0.5, 0.6) is 0 Å². The first-order chi connectivity index (χ1) is 4.22. The van der Waals surface area contributed by atoms with Crippen LogP contribution < -0.4 is 0 Å². The molecule has 0 saturated carbocycles. The Morgan fingerprint density at radius 2 is 2.33 bits per heavy atom. The number of carbonyl (C=O) groups excluding carboxylic acids is 1. The third-order valence-electron chi connectivity index (χ3n) is 0.972. The van der Waals surface area contributed by atoms with Gasteiger partial charge in [0.05, 0.1) is 11.9 Å². The Bertz CT molecular complexity index is 93.1. The molecule has 0 aliphatic rings. The first-order valence-electron chi connectivity index (χ1n) is 2.91. The van der Waals surface area contributed by atoms with Crippen molar-refractivity contribution >= 4 is 17.7 Å². The lowest BCUT2D eigenvalue weighted by Crippen LogP contribution is -2.15. The predicted octanol–water partition coefficient (Wildman–Crippen LogP) is 1.30. The number of esters is 1. The van der Waals surface area contributed by atoms with E-state index in [4.69, 9.17) is 4.74 Å². The Morgan fingerprint density at radius 3 is 2.67 bits per heavy atom. The van der Waals surface area contributed by atoms with Crippen LogP contribution in [0.1, 0.15) is 13.8 Å². The Kier molecular flexibility index (Phi) is 4.58. The van der Waals surface area contributed by atoms with E-state index in [0.717, 1.165) is 0 Å². The Labute approximate surface area is 60.0 Å². The maximum atomic E-state index is 10.7. The van der Waals surface area contributed by atoms with Crippen LogP contribution in [-0.4, -0.2) is 24.1 Å². The highest BCUT2D eigenvalue weighted by atomic mass is 32.2. The molecule has 0 aromatic carbocycles. The fraction of sp³-hybridized carbons (Fsp3) is 0.833. The maximum Gasteiger partial charge on any atom is 0.318 e. The van der Waals surface area contributed by atoms with Gasteiger partial charge in [0.15, 0.2) is 0 Å². The van der Waals surface area contributed by atoms with Gasteiger partial charge in [-0.05, 0) is 20.1 Å². The highest BCUT2D eigenvalue weighted by Crippen LogP contribution is 2.05. The number of thioether (sulfide) groups is 1. The smallest absolute Gasteiger partial charge is 0.318 e. The number of hydrogen-bond acceptors (Lipinski definition) is 3. The second kappa shape index (κ2) is 4.68. The lowest BCUT2D eigenvalue weighted by molar-refractivity contribution is -0.142. The van der Waals surface area contributed by atoms with E-state index in [2.05, 4.69) is 0 Å². The molecule has 0 bridgehead atoms. The summed E-state index contributed by atoms with van der Waals surface area (Å²) in [6.45, 7) is 4.12. The van der Waals surface area contributed by atoms with Crippen LogP contribution in [0.3, 0.4) is 0 Å². The van der Waals surface area contributed by atoms with E-state index < -0.39 is 0 Å². The van der Waals surface area contributed by atoms with Gasteiger partial charge in [-0.25, -0.2) is 0 Å². The summed E-state index contributed by atoms with van der Waals surface area (Å²) in [5.41, 5.74) is 0. The van der Waals surface area contributed by atoms with Gasteiger partial charge in [-0.2, -0.15) is 11.8 Å². The SMILES string of the molecule is CCOC(=O)C(C)SC. The molecule has 0 saturated heterocycles. The summed E-state index contributed by atoms with van der Waals surface area (Å²) in [7, 11) is 0. The quantitative estimate of drug-likeness (QED) is 0.564. The molecule has 0 aromatic rings. The van der Waals surface area contributed by atoms with Gasteiger partial charge in [-0.3, -0.25) is 4.79 Å². The van der Waals surface area contributed by atoms with Crippen molar-refractivity contribution in [2.45, 2.75) is 19.1 Å². The molecule has 3 heteroatoms. The number of carbonyl (C=O) groups is 1. The van der Waals surface area contributed by atoms with Gasteiger partial charge in [0.25, 0.3) is 0 Å². The van der Waals surface area contributed by atoms with Crippen LogP contribution in [0, 0.1) is 0 Å². The summed E-state index contributed by atoms with van der Waals surface area (Å²) in [4.78, 5) is 10.7. The summed E-state index contributed by atoms with van der Waals surface area (Å²) >= 11 is 1.50. The molecule has 0 N–H and O–H groups in total. The molecule has 0 aliphatic carbocycles. The average molecular weight is 148 g/mol. The zero-order valence-corrected chi connectivity index (χ0v) is 6.83. The fourth-order valence-corrected chi connectivity index (χ4v) is 0.616. The Balaban J connectivity index is 3.46. The molecule has 9 heavy (non-hydrogen) atoms. The predicted molar refractivity (Wildman–Crippen MR) is 39.6 cm³/mol. The minimum Gasteiger partial charge on any atom is -0.465 e. The molecule has 0 spiro atoms. The van der Waals surface area contributed by atoms with Crippen molar-refractivity contribution in [3.63, 3.8) is 0 Å².